The highest BCUT2D eigenvalue weighted by atomic mass is 16.7. The van der Waals surface area contributed by atoms with Gasteiger partial charge < -0.3 is 50.0 Å². The third kappa shape index (κ3) is 4.67. The third-order valence-electron chi connectivity index (χ3n) is 3.69. The summed E-state index contributed by atoms with van der Waals surface area (Å²) in [5, 5.41) is 66.1. The number of carbonyl (C=O) groups is 1. The molecule has 0 saturated carbocycles. The van der Waals surface area contributed by atoms with Gasteiger partial charge in [0, 0.05) is 7.11 Å². The highest BCUT2D eigenvalue weighted by molar-refractivity contribution is 5.87. The fraction of sp³-hybridized carbons (Fsp3) is 0.923. The van der Waals surface area contributed by atoms with Crippen LogP contribution in [0.3, 0.4) is 0 Å². The van der Waals surface area contributed by atoms with Crippen LogP contribution in [0.5, 0.6) is 0 Å². The molecule has 1 fully saturated rings. The number of hydrogen-bond acceptors (Lipinski definition) is 11. The molecular formula is C13H24O11. The second kappa shape index (κ2) is 9.68. The number of hydrogen-bond donors (Lipinski definition) is 7. The molecule has 0 bridgehead atoms. The van der Waals surface area contributed by atoms with Crippen LogP contribution in [-0.2, 0) is 19.0 Å². The van der Waals surface area contributed by atoms with Gasteiger partial charge in [-0.1, -0.05) is 0 Å². The van der Waals surface area contributed by atoms with Crippen LogP contribution in [0.2, 0.25) is 0 Å². The van der Waals surface area contributed by atoms with Gasteiger partial charge in [-0.3, -0.25) is 4.79 Å². The van der Waals surface area contributed by atoms with Gasteiger partial charge in [0.05, 0.1) is 19.8 Å². The molecule has 11 heteroatoms. The van der Waals surface area contributed by atoms with E-state index < -0.39 is 74.6 Å². The van der Waals surface area contributed by atoms with E-state index in [1.807, 2.05) is 0 Å². The fourth-order valence-corrected chi connectivity index (χ4v) is 2.32. The predicted octanol–water partition coefficient (Wildman–Crippen LogP) is -4.90. The number of ether oxygens (including phenoxy) is 3. The zero-order valence-corrected chi connectivity index (χ0v) is 13.0. The van der Waals surface area contributed by atoms with Gasteiger partial charge in [-0.15, -0.1) is 0 Å². The lowest BCUT2D eigenvalue weighted by Crippen LogP contribution is -2.61. The standard InChI is InChI=1S/C13H24O11/c1-22-12-7(4-16)23-13(10(21)9(12)20)24-11(6(18)3-15)8(19)5(17)2-14/h5-7,9-18,20-21H,2-4H2,1H3/t5-,6+,7?,9?,10+,11?,12?,13+/m0/s1. The van der Waals surface area contributed by atoms with Crippen LogP contribution < -0.4 is 0 Å². The van der Waals surface area contributed by atoms with E-state index in [4.69, 9.17) is 24.4 Å². The van der Waals surface area contributed by atoms with Crippen molar-refractivity contribution < 1.29 is 54.8 Å². The zero-order chi connectivity index (χ0) is 18.4. The SMILES string of the molecule is COC1C(CO)O[C@H](OC(C(=O)[C@@H](O)CO)[C@H](O)CO)[C@H](O)C1O. The maximum absolute atomic E-state index is 11.9. The largest absolute Gasteiger partial charge is 0.394 e. The highest BCUT2D eigenvalue weighted by Crippen LogP contribution is 2.25. The lowest BCUT2D eigenvalue weighted by atomic mass is 9.98. The molecule has 1 saturated heterocycles. The van der Waals surface area contributed by atoms with Crippen LogP contribution in [0.15, 0.2) is 0 Å². The summed E-state index contributed by atoms with van der Waals surface area (Å²) in [4.78, 5) is 11.9. The van der Waals surface area contributed by atoms with Crippen LogP contribution in [0, 0.1) is 0 Å². The van der Waals surface area contributed by atoms with Gasteiger partial charge in [-0.05, 0) is 0 Å². The molecule has 0 aromatic carbocycles. The first-order chi connectivity index (χ1) is 11.3. The van der Waals surface area contributed by atoms with Crippen molar-refractivity contribution in [3.8, 4) is 0 Å². The first-order valence-corrected chi connectivity index (χ1v) is 7.24. The van der Waals surface area contributed by atoms with Gasteiger partial charge in [0.15, 0.2) is 12.1 Å². The molecule has 1 heterocycles. The van der Waals surface area contributed by atoms with Crippen molar-refractivity contribution in [2.24, 2.45) is 0 Å². The number of aliphatic hydroxyl groups excluding tert-OH is 7. The summed E-state index contributed by atoms with van der Waals surface area (Å²) in [6.45, 7) is -2.45. The zero-order valence-electron chi connectivity index (χ0n) is 13.0. The summed E-state index contributed by atoms with van der Waals surface area (Å²) in [6.07, 6.45) is -12.6. The van der Waals surface area contributed by atoms with E-state index in [0.717, 1.165) is 0 Å². The lowest BCUT2D eigenvalue weighted by Gasteiger charge is -2.42. The molecule has 1 aliphatic rings. The quantitative estimate of drug-likeness (QED) is 0.210. The third-order valence-corrected chi connectivity index (χ3v) is 3.69. The lowest BCUT2D eigenvalue weighted by molar-refractivity contribution is -0.317. The molecule has 142 valence electrons. The van der Waals surface area contributed by atoms with Crippen molar-refractivity contribution in [2.75, 3.05) is 26.9 Å². The van der Waals surface area contributed by atoms with Crippen LogP contribution in [0.1, 0.15) is 0 Å². The molecule has 0 radical (unpaired) electrons. The number of carbonyl (C=O) groups excluding carboxylic acids is 1. The van der Waals surface area contributed by atoms with Crippen LogP contribution >= 0.6 is 0 Å². The summed E-state index contributed by atoms with van der Waals surface area (Å²) in [6, 6.07) is 0. The Balaban J connectivity index is 2.94. The van der Waals surface area contributed by atoms with Crippen LogP contribution in [-0.4, -0.2) is 117 Å². The normalized spacial score (nSPS) is 34.6. The van der Waals surface area contributed by atoms with E-state index in [1.165, 1.54) is 7.11 Å². The Labute approximate surface area is 137 Å². The molecule has 0 amide bonds. The molecule has 0 aromatic heterocycles. The number of Topliss-reactive ketones (excluding diaryl/α,β-unsaturated/α-hetero) is 1. The topological polar surface area (TPSA) is 186 Å². The molecule has 8 atom stereocenters. The summed E-state index contributed by atoms with van der Waals surface area (Å²) in [5.74, 6) is -1.15. The summed E-state index contributed by atoms with van der Waals surface area (Å²) in [5.41, 5.74) is 0. The summed E-state index contributed by atoms with van der Waals surface area (Å²) in [7, 11) is 1.23. The molecule has 24 heavy (non-hydrogen) atoms. The number of rotatable bonds is 9. The van der Waals surface area contributed by atoms with Crippen molar-refractivity contribution in [1.82, 2.24) is 0 Å². The monoisotopic (exact) mass is 356 g/mol. The van der Waals surface area contributed by atoms with Gasteiger partial charge >= 0.3 is 0 Å². The number of ketones is 1. The molecule has 0 aliphatic carbocycles. The van der Waals surface area contributed by atoms with Gasteiger partial charge in [0.2, 0.25) is 0 Å². The molecule has 4 unspecified atom stereocenters. The van der Waals surface area contributed by atoms with Crippen molar-refractivity contribution in [3.05, 3.63) is 0 Å². The molecule has 0 aromatic rings. The smallest absolute Gasteiger partial charge is 0.195 e. The minimum atomic E-state index is -1.89. The Morgan fingerprint density at radius 1 is 1.12 bits per heavy atom. The Morgan fingerprint density at radius 2 is 1.75 bits per heavy atom. The van der Waals surface area contributed by atoms with E-state index >= 15 is 0 Å². The van der Waals surface area contributed by atoms with Crippen molar-refractivity contribution in [3.63, 3.8) is 0 Å². The Morgan fingerprint density at radius 3 is 2.21 bits per heavy atom. The van der Waals surface area contributed by atoms with Crippen LogP contribution in [0.4, 0.5) is 0 Å². The van der Waals surface area contributed by atoms with E-state index in [0.29, 0.717) is 0 Å². The molecular weight excluding hydrogens is 332 g/mol. The maximum Gasteiger partial charge on any atom is 0.195 e. The highest BCUT2D eigenvalue weighted by Gasteiger charge is 2.47. The Hall–Kier alpha value is -0.730. The molecule has 1 aliphatic heterocycles. The molecule has 7 N–H and O–H groups in total. The first kappa shape index (κ1) is 21.3. The maximum atomic E-state index is 11.9. The number of methoxy groups -OCH3 is 1. The minimum Gasteiger partial charge on any atom is -0.394 e. The van der Waals surface area contributed by atoms with Crippen molar-refractivity contribution in [2.45, 2.75) is 49.0 Å². The van der Waals surface area contributed by atoms with Gasteiger partial charge in [0.25, 0.3) is 0 Å². The van der Waals surface area contributed by atoms with Gasteiger partial charge in [0.1, 0.15) is 42.7 Å². The Bertz CT molecular complexity index is 390. The fourth-order valence-electron chi connectivity index (χ4n) is 2.32. The van der Waals surface area contributed by atoms with Crippen LogP contribution in [0.25, 0.3) is 0 Å². The van der Waals surface area contributed by atoms with Crippen molar-refractivity contribution in [1.29, 1.82) is 0 Å². The first-order valence-electron chi connectivity index (χ1n) is 7.24. The van der Waals surface area contributed by atoms with Gasteiger partial charge in [-0.2, -0.15) is 0 Å². The van der Waals surface area contributed by atoms with Gasteiger partial charge in [-0.25, -0.2) is 0 Å². The van der Waals surface area contributed by atoms with E-state index in [-0.39, 0.29) is 0 Å². The second-order valence-corrected chi connectivity index (χ2v) is 5.31. The van der Waals surface area contributed by atoms with E-state index in [9.17, 15) is 30.3 Å². The average Bonchev–Trinajstić information content (AvgIpc) is 2.60. The average molecular weight is 356 g/mol. The predicted molar refractivity (Wildman–Crippen MR) is 74.6 cm³/mol. The molecule has 0 spiro atoms. The number of aliphatic hydroxyl groups is 7. The second-order valence-electron chi connectivity index (χ2n) is 5.31. The summed E-state index contributed by atoms with van der Waals surface area (Å²) < 4.78 is 15.2. The van der Waals surface area contributed by atoms with Crippen molar-refractivity contribution >= 4 is 5.78 Å². The molecule has 11 nitrogen and oxygen atoms in total. The summed E-state index contributed by atoms with van der Waals surface area (Å²) >= 11 is 0. The Kier molecular flexibility index (Phi) is 8.59. The molecule has 1 rings (SSSR count). The van der Waals surface area contributed by atoms with E-state index in [2.05, 4.69) is 0 Å². The minimum absolute atomic E-state index is 0.595. The van der Waals surface area contributed by atoms with E-state index in [1.54, 1.807) is 0 Å².